The predicted molar refractivity (Wildman–Crippen MR) is 126 cm³/mol. The Bertz CT molecular complexity index is 1200. The number of amides is 3. The Morgan fingerprint density at radius 1 is 0.944 bits per heavy atom. The van der Waals surface area contributed by atoms with Crippen LogP contribution in [0.15, 0.2) is 60.8 Å². The minimum Gasteiger partial charge on any atom is -0.489 e. The van der Waals surface area contributed by atoms with E-state index < -0.39 is 17.8 Å². The highest BCUT2D eigenvalue weighted by Crippen LogP contribution is 2.35. The zero-order chi connectivity index (χ0) is 26.1. The summed E-state index contributed by atoms with van der Waals surface area (Å²) in [4.78, 5) is 28.1. The second kappa shape index (κ2) is 11.9. The smallest absolute Gasteiger partial charge is 0.416 e. The van der Waals surface area contributed by atoms with Gasteiger partial charge in [0.1, 0.15) is 29.5 Å². The van der Waals surface area contributed by atoms with Crippen LogP contribution < -0.4 is 25.4 Å². The summed E-state index contributed by atoms with van der Waals surface area (Å²) in [6.07, 6.45) is -3.16. The molecule has 0 aliphatic carbocycles. The number of anilines is 2. The Balaban J connectivity index is 1.67. The molecule has 2 aromatic carbocycles. The van der Waals surface area contributed by atoms with Gasteiger partial charge in [0.05, 0.1) is 17.9 Å². The Kier molecular flexibility index (Phi) is 8.68. The summed E-state index contributed by atoms with van der Waals surface area (Å²) >= 11 is 0. The third kappa shape index (κ3) is 7.34. The molecule has 1 aromatic heterocycles. The summed E-state index contributed by atoms with van der Waals surface area (Å²) in [5.74, 6) is 0.501. The first-order valence-corrected chi connectivity index (χ1v) is 10.6. The molecule has 36 heavy (non-hydrogen) atoms. The van der Waals surface area contributed by atoms with E-state index >= 15 is 0 Å². The molecule has 0 atom stereocenters. The number of carbonyl (C=O) groups is 2. The van der Waals surface area contributed by atoms with Crippen LogP contribution in [-0.2, 0) is 10.9 Å². The number of methoxy groups -OCH3 is 1. The van der Waals surface area contributed by atoms with E-state index in [1.54, 1.807) is 18.2 Å². The number of halogens is 3. The molecule has 0 unspecified atom stereocenters. The number of nitrogens with one attached hydrogen (secondary N) is 3. The third-order valence-corrected chi connectivity index (χ3v) is 4.64. The molecule has 0 fully saturated rings. The molecule has 0 radical (unpaired) electrons. The number of rotatable bonds is 9. The minimum atomic E-state index is -4.59. The molecule has 3 N–H and O–H groups in total. The topological polar surface area (TPSA) is 111 Å². The molecule has 0 saturated heterocycles. The summed E-state index contributed by atoms with van der Waals surface area (Å²) in [6.45, 7) is 0.301. The summed E-state index contributed by atoms with van der Waals surface area (Å²) in [6, 6.07) is 11.3. The first-order chi connectivity index (χ1) is 17.2. The predicted octanol–water partition coefficient (Wildman–Crippen LogP) is 4.92. The molecular weight excluding hydrogens is 481 g/mol. The quantitative estimate of drug-likeness (QED) is 0.357. The van der Waals surface area contributed by atoms with Gasteiger partial charge in [-0.2, -0.15) is 13.2 Å². The van der Waals surface area contributed by atoms with Crippen molar-refractivity contribution in [3.05, 3.63) is 72.1 Å². The number of benzene rings is 2. The molecule has 0 aliphatic heterocycles. The van der Waals surface area contributed by atoms with Crippen molar-refractivity contribution in [1.82, 2.24) is 10.3 Å². The second-order valence-electron chi connectivity index (χ2n) is 7.21. The maximum atomic E-state index is 13.1. The van der Waals surface area contributed by atoms with Gasteiger partial charge >= 0.3 is 12.2 Å². The van der Waals surface area contributed by atoms with Crippen LogP contribution in [-0.4, -0.2) is 44.3 Å². The van der Waals surface area contributed by atoms with Crippen LogP contribution in [0, 0.1) is 0 Å². The zero-order valence-electron chi connectivity index (χ0n) is 19.3. The van der Waals surface area contributed by atoms with Gasteiger partial charge < -0.3 is 30.2 Å². The number of alkyl halides is 3. The molecule has 9 nitrogen and oxygen atoms in total. The van der Waals surface area contributed by atoms with Crippen molar-refractivity contribution in [2.24, 2.45) is 0 Å². The van der Waals surface area contributed by atoms with Crippen molar-refractivity contribution in [3.8, 4) is 17.2 Å². The normalized spacial score (nSPS) is 10.9. The minimum absolute atomic E-state index is 0.0624. The lowest BCUT2D eigenvalue weighted by Gasteiger charge is -2.16. The number of pyridine rings is 1. The van der Waals surface area contributed by atoms with Gasteiger partial charge in [0.15, 0.2) is 0 Å². The number of carbonyl (C=O) groups excluding carboxylic acids is 2. The number of nitrogens with zero attached hydrogens (tertiary/aromatic N) is 1. The number of ether oxygens (including phenoxy) is 3. The van der Waals surface area contributed by atoms with Gasteiger partial charge in [-0.15, -0.1) is 0 Å². The van der Waals surface area contributed by atoms with Crippen LogP contribution >= 0.6 is 0 Å². The number of urea groups is 1. The molecule has 3 amide bonds. The molecule has 0 aliphatic rings. The van der Waals surface area contributed by atoms with Crippen LogP contribution in [0.2, 0.25) is 0 Å². The van der Waals surface area contributed by atoms with Crippen molar-refractivity contribution in [2.75, 3.05) is 38.0 Å². The molecule has 3 rings (SSSR count). The summed E-state index contributed by atoms with van der Waals surface area (Å²) in [7, 11) is 2.94. The highest BCUT2D eigenvalue weighted by atomic mass is 19.4. The zero-order valence-corrected chi connectivity index (χ0v) is 19.3. The summed E-state index contributed by atoms with van der Waals surface area (Å²) < 4.78 is 55.4. The lowest BCUT2D eigenvalue weighted by Crippen LogP contribution is -2.20. The number of aromatic nitrogens is 1. The van der Waals surface area contributed by atoms with Crippen LogP contribution in [0.3, 0.4) is 0 Å². The van der Waals surface area contributed by atoms with Gasteiger partial charge in [0.2, 0.25) is 0 Å². The molecule has 3 aromatic rings. The lowest BCUT2D eigenvalue weighted by molar-refractivity contribution is -0.137. The molecule has 0 spiro atoms. The number of hydrogen-bond acceptors (Lipinski definition) is 6. The largest absolute Gasteiger partial charge is 0.489 e. The number of hydrogen-bond donors (Lipinski definition) is 3. The van der Waals surface area contributed by atoms with Crippen molar-refractivity contribution in [3.63, 3.8) is 0 Å². The van der Waals surface area contributed by atoms with Crippen molar-refractivity contribution in [2.45, 2.75) is 6.18 Å². The molecule has 12 heteroatoms. The molecule has 190 valence electrons. The molecule has 1 heterocycles. The van der Waals surface area contributed by atoms with E-state index in [0.717, 1.165) is 18.2 Å². The van der Waals surface area contributed by atoms with Crippen molar-refractivity contribution in [1.29, 1.82) is 0 Å². The summed E-state index contributed by atoms with van der Waals surface area (Å²) in [5.41, 5.74) is -0.545. The Morgan fingerprint density at radius 2 is 1.69 bits per heavy atom. The van der Waals surface area contributed by atoms with Crippen LogP contribution in [0.5, 0.6) is 17.2 Å². The van der Waals surface area contributed by atoms with E-state index in [2.05, 4.69) is 20.9 Å². The standard InChI is InChI=1S/C24H23F3N4O5/c1-28-22(32)20-14-18(9-10-29-20)36-17-6-4-16(5-7-17)30-23(33)31-19-13-15(24(25,26)27)3-8-21(19)35-12-11-34-2/h3-10,13-14H,11-12H2,1-2H3,(H,28,32)(H2,30,31,33). The molecular formula is C24H23F3N4O5. The molecule has 0 saturated carbocycles. The first-order valence-electron chi connectivity index (χ1n) is 10.6. The SMILES string of the molecule is CNC(=O)c1cc(Oc2ccc(NC(=O)Nc3cc(C(F)(F)F)ccc3OCCOC)cc2)ccn1. The monoisotopic (exact) mass is 504 g/mol. The Hall–Kier alpha value is -4.32. The lowest BCUT2D eigenvalue weighted by atomic mass is 10.2. The van der Waals surface area contributed by atoms with Gasteiger partial charge in [-0.3, -0.25) is 9.78 Å². The maximum Gasteiger partial charge on any atom is 0.416 e. The molecule has 0 bridgehead atoms. The Morgan fingerprint density at radius 3 is 2.36 bits per heavy atom. The highest BCUT2D eigenvalue weighted by Gasteiger charge is 2.31. The van der Waals surface area contributed by atoms with E-state index in [9.17, 15) is 22.8 Å². The Labute approximate surface area is 204 Å². The average Bonchev–Trinajstić information content (AvgIpc) is 2.85. The van der Waals surface area contributed by atoms with E-state index in [4.69, 9.17) is 14.2 Å². The van der Waals surface area contributed by atoms with Crippen molar-refractivity contribution < 1.29 is 37.0 Å². The van der Waals surface area contributed by atoms with Gasteiger partial charge in [0.25, 0.3) is 5.91 Å². The van der Waals surface area contributed by atoms with Gasteiger partial charge in [0, 0.05) is 32.1 Å². The van der Waals surface area contributed by atoms with E-state index in [1.165, 1.54) is 38.6 Å². The van der Waals surface area contributed by atoms with Gasteiger partial charge in [-0.1, -0.05) is 0 Å². The van der Waals surface area contributed by atoms with E-state index in [0.29, 0.717) is 17.2 Å². The van der Waals surface area contributed by atoms with Crippen LogP contribution in [0.25, 0.3) is 0 Å². The van der Waals surface area contributed by atoms with Crippen molar-refractivity contribution >= 4 is 23.3 Å². The third-order valence-electron chi connectivity index (χ3n) is 4.64. The average molecular weight is 504 g/mol. The van der Waals surface area contributed by atoms with Crippen LogP contribution in [0.1, 0.15) is 16.1 Å². The fourth-order valence-electron chi connectivity index (χ4n) is 2.92. The van der Waals surface area contributed by atoms with Gasteiger partial charge in [-0.25, -0.2) is 4.79 Å². The van der Waals surface area contributed by atoms with E-state index in [1.807, 2.05) is 0 Å². The van der Waals surface area contributed by atoms with Crippen LogP contribution in [0.4, 0.5) is 29.3 Å². The fraction of sp³-hybridized carbons (Fsp3) is 0.208. The summed E-state index contributed by atoms with van der Waals surface area (Å²) in [5, 5.41) is 7.39. The van der Waals surface area contributed by atoms with E-state index in [-0.39, 0.29) is 36.3 Å². The second-order valence-corrected chi connectivity index (χ2v) is 7.21. The highest BCUT2D eigenvalue weighted by molar-refractivity contribution is 6.00. The maximum absolute atomic E-state index is 13.1. The van der Waals surface area contributed by atoms with Gasteiger partial charge in [-0.05, 0) is 48.5 Å². The fourth-order valence-corrected chi connectivity index (χ4v) is 2.92. The first kappa shape index (κ1) is 26.3.